The van der Waals surface area contributed by atoms with Crippen molar-refractivity contribution < 1.29 is 9.52 Å². The molecule has 2 aromatic heterocycles. The molecule has 0 bridgehead atoms. The van der Waals surface area contributed by atoms with Crippen molar-refractivity contribution >= 4 is 28.9 Å². The fraction of sp³-hybridized carbons (Fsp3) is 0.273. The number of furan rings is 1. The highest BCUT2D eigenvalue weighted by Crippen LogP contribution is 2.41. The van der Waals surface area contributed by atoms with Crippen molar-refractivity contribution in [1.29, 1.82) is 0 Å². The molecule has 2 unspecified atom stereocenters. The van der Waals surface area contributed by atoms with E-state index < -0.39 is 0 Å². The number of nitrogens with one attached hydrogen (secondary N) is 1. The van der Waals surface area contributed by atoms with Crippen LogP contribution in [0, 0.1) is 6.92 Å². The van der Waals surface area contributed by atoms with Gasteiger partial charge in [-0.15, -0.1) is 0 Å². The van der Waals surface area contributed by atoms with Gasteiger partial charge in [-0.05, 0) is 61.5 Å². The van der Waals surface area contributed by atoms with E-state index >= 15 is 0 Å². The highest BCUT2D eigenvalue weighted by atomic mass is 35.5. The summed E-state index contributed by atoms with van der Waals surface area (Å²) in [6.45, 7) is 2.71. The second-order valence-corrected chi connectivity index (χ2v) is 7.81. The van der Waals surface area contributed by atoms with Gasteiger partial charge in [-0.25, -0.2) is 0 Å². The smallest absolute Gasteiger partial charge is 0.170 e. The normalized spacial score (nSPS) is 18.9. The van der Waals surface area contributed by atoms with E-state index in [0.717, 1.165) is 28.3 Å². The molecule has 7 heteroatoms. The van der Waals surface area contributed by atoms with Crippen molar-refractivity contribution in [3.05, 3.63) is 76.8 Å². The fourth-order valence-corrected chi connectivity index (χ4v) is 4.23. The molecule has 1 aliphatic heterocycles. The average molecular weight is 428 g/mol. The Bertz CT molecular complexity index is 1010. The Kier molecular flexibility index (Phi) is 5.85. The van der Waals surface area contributed by atoms with Gasteiger partial charge in [-0.1, -0.05) is 29.8 Å². The Hall–Kier alpha value is -2.41. The molecule has 150 valence electrons. The van der Waals surface area contributed by atoms with Crippen molar-refractivity contribution in [3.63, 3.8) is 0 Å². The summed E-state index contributed by atoms with van der Waals surface area (Å²) in [7, 11) is 0. The lowest BCUT2D eigenvalue weighted by molar-refractivity contribution is 0.233. The zero-order chi connectivity index (χ0) is 20.4. The number of aliphatic hydroxyl groups excluding tert-OH is 1. The first-order chi connectivity index (χ1) is 14.1. The maximum absolute atomic E-state index is 9.32. The molecular formula is C22H22ClN3O2S. The second kappa shape index (κ2) is 8.53. The maximum atomic E-state index is 9.32. The monoisotopic (exact) mass is 427 g/mol. The molecule has 1 aromatic carbocycles. The summed E-state index contributed by atoms with van der Waals surface area (Å²) in [6.07, 6.45) is 2.39. The second-order valence-electron chi connectivity index (χ2n) is 7.01. The zero-order valence-corrected chi connectivity index (χ0v) is 17.6. The minimum atomic E-state index is -0.155. The van der Waals surface area contributed by atoms with Gasteiger partial charge in [0.05, 0.1) is 11.7 Å². The molecule has 0 spiro atoms. The van der Waals surface area contributed by atoms with Gasteiger partial charge in [-0.2, -0.15) is 0 Å². The summed E-state index contributed by atoms with van der Waals surface area (Å²) in [5.74, 6) is 1.56. The lowest BCUT2D eigenvalue weighted by Crippen LogP contribution is -2.30. The van der Waals surface area contributed by atoms with Crippen LogP contribution in [0.5, 0.6) is 0 Å². The molecule has 3 aromatic rings. The van der Waals surface area contributed by atoms with Gasteiger partial charge in [0.15, 0.2) is 5.11 Å². The summed E-state index contributed by atoms with van der Waals surface area (Å²) < 4.78 is 6.31. The number of benzene rings is 1. The van der Waals surface area contributed by atoms with Crippen LogP contribution >= 0.6 is 23.8 Å². The van der Waals surface area contributed by atoms with E-state index in [0.29, 0.717) is 23.1 Å². The number of aromatic nitrogens is 1. The van der Waals surface area contributed by atoms with Crippen molar-refractivity contribution in [2.75, 3.05) is 13.2 Å². The molecule has 4 rings (SSSR count). The Morgan fingerprint density at radius 2 is 2.07 bits per heavy atom. The largest absolute Gasteiger partial charge is 0.459 e. The van der Waals surface area contributed by atoms with Crippen LogP contribution < -0.4 is 5.32 Å². The Morgan fingerprint density at radius 3 is 2.83 bits per heavy atom. The topological polar surface area (TPSA) is 61.5 Å². The molecule has 1 saturated heterocycles. The Balaban J connectivity index is 1.73. The lowest BCUT2D eigenvalue weighted by atomic mass is 10.0. The molecule has 0 aliphatic carbocycles. The van der Waals surface area contributed by atoms with Crippen molar-refractivity contribution in [3.8, 4) is 11.3 Å². The van der Waals surface area contributed by atoms with E-state index in [1.54, 1.807) is 6.20 Å². The molecule has 0 radical (unpaired) electrons. The fourth-order valence-electron chi connectivity index (χ4n) is 3.73. The third kappa shape index (κ3) is 3.88. The minimum absolute atomic E-state index is 0.102. The number of halogens is 1. The van der Waals surface area contributed by atoms with Gasteiger partial charge in [-0.3, -0.25) is 4.98 Å². The van der Waals surface area contributed by atoms with Crippen LogP contribution in [0.2, 0.25) is 5.02 Å². The van der Waals surface area contributed by atoms with Crippen molar-refractivity contribution in [2.24, 2.45) is 0 Å². The van der Waals surface area contributed by atoms with Crippen LogP contribution in [0.3, 0.4) is 0 Å². The van der Waals surface area contributed by atoms with Gasteiger partial charge in [0.1, 0.15) is 17.6 Å². The summed E-state index contributed by atoms with van der Waals surface area (Å²) in [4.78, 5) is 6.59. The third-order valence-corrected chi connectivity index (χ3v) is 5.97. The van der Waals surface area contributed by atoms with Gasteiger partial charge < -0.3 is 19.7 Å². The van der Waals surface area contributed by atoms with E-state index in [4.69, 9.17) is 28.2 Å². The van der Waals surface area contributed by atoms with Crippen LogP contribution in [0.4, 0.5) is 0 Å². The third-order valence-electron chi connectivity index (χ3n) is 5.21. The van der Waals surface area contributed by atoms with Crippen LogP contribution in [0.25, 0.3) is 11.3 Å². The SMILES string of the molecule is Cc1c(Cl)cccc1-c1ccc(C2C(c3ccccn3)NC(=S)N2CCCO)o1. The molecule has 1 aliphatic rings. The Morgan fingerprint density at radius 1 is 1.21 bits per heavy atom. The van der Waals surface area contributed by atoms with Gasteiger partial charge >= 0.3 is 0 Å². The molecule has 1 fully saturated rings. The van der Waals surface area contributed by atoms with Crippen LogP contribution in [-0.4, -0.2) is 33.3 Å². The lowest BCUT2D eigenvalue weighted by Gasteiger charge is -2.25. The summed E-state index contributed by atoms with van der Waals surface area (Å²) in [6, 6.07) is 15.3. The van der Waals surface area contributed by atoms with Crippen LogP contribution in [0.1, 0.15) is 35.5 Å². The first kappa shape index (κ1) is 19.9. The number of pyridine rings is 1. The number of nitrogens with zero attached hydrogens (tertiary/aromatic N) is 2. The first-order valence-corrected chi connectivity index (χ1v) is 10.3. The van der Waals surface area contributed by atoms with Gasteiger partial charge in [0.2, 0.25) is 0 Å². The van der Waals surface area contributed by atoms with E-state index in [2.05, 4.69) is 15.2 Å². The van der Waals surface area contributed by atoms with Gasteiger partial charge in [0.25, 0.3) is 0 Å². The summed E-state index contributed by atoms with van der Waals surface area (Å²) in [5, 5.41) is 14.0. The summed E-state index contributed by atoms with van der Waals surface area (Å²) >= 11 is 11.9. The molecular weight excluding hydrogens is 406 g/mol. The van der Waals surface area contributed by atoms with Gasteiger partial charge in [0, 0.05) is 29.9 Å². The maximum Gasteiger partial charge on any atom is 0.170 e. The quantitative estimate of drug-likeness (QED) is 0.558. The minimum Gasteiger partial charge on any atom is -0.459 e. The van der Waals surface area contributed by atoms with E-state index in [1.807, 2.05) is 55.5 Å². The molecule has 3 heterocycles. The molecule has 5 nitrogen and oxygen atoms in total. The standard InChI is InChI=1S/C22H22ClN3O2S/c1-14-15(6-4-7-16(14)23)18-9-10-19(28-18)21-20(17-8-2-3-11-24-17)25-22(29)26(21)12-5-13-27/h2-4,6-11,20-21,27H,5,12-13H2,1H3,(H,25,29). The number of hydrogen-bond acceptors (Lipinski definition) is 4. The number of thiocarbonyl (C=S) groups is 1. The number of hydrogen-bond donors (Lipinski definition) is 2. The van der Waals surface area contributed by atoms with Crippen molar-refractivity contribution in [1.82, 2.24) is 15.2 Å². The summed E-state index contributed by atoms with van der Waals surface area (Å²) in [5.41, 5.74) is 2.84. The molecule has 0 saturated carbocycles. The highest BCUT2D eigenvalue weighted by molar-refractivity contribution is 7.80. The predicted molar refractivity (Wildman–Crippen MR) is 118 cm³/mol. The molecule has 0 amide bonds. The predicted octanol–water partition coefficient (Wildman–Crippen LogP) is 4.66. The molecule has 2 atom stereocenters. The molecule has 2 N–H and O–H groups in total. The van der Waals surface area contributed by atoms with Crippen molar-refractivity contribution in [2.45, 2.75) is 25.4 Å². The highest BCUT2D eigenvalue weighted by Gasteiger charge is 2.41. The zero-order valence-electron chi connectivity index (χ0n) is 16.0. The average Bonchev–Trinajstić information content (AvgIpc) is 3.33. The van der Waals surface area contributed by atoms with Crippen LogP contribution in [-0.2, 0) is 0 Å². The van der Waals surface area contributed by atoms with E-state index in [1.165, 1.54) is 0 Å². The van der Waals surface area contributed by atoms with E-state index in [9.17, 15) is 5.11 Å². The number of aliphatic hydroxyl groups is 1. The molecule has 29 heavy (non-hydrogen) atoms. The van der Waals surface area contributed by atoms with E-state index in [-0.39, 0.29) is 18.7 Å². The Labute approximate surface area is 180 Å². The van der Waals surface area contributed by atoms with Crippen LogP contribution in [0.15, 0.2) is 59.1 Å². The number of rotatable bonds is 6. The first-order valence-electron chi connectivity index (χ1n) is 9.54.